The Morgan fingerprint density at radius 3 is 2.62 bits per heavy atom. The molecule has 3 heterocycles. The molecule has 4 aromatic rings. The lowest BCUT2D eigenvalue weighted by atomic mass is 9.99. The SMILES string of the molecule is C[C@]1(c2cc3ccccc3o2)NC(=O)N(CC(=O)N[C@@H](c2ccc(F)cc2)c2cccs2)C1=O. The molecule has 9 heteroatoms. The number of amides is 4. The maximum atomic E-state index is 13.4. The fraction of sp³-hybridized carbons (Fsp3) is 0.160. The Hall–Kier alpha value is -3.98. The minimum Gasteiger partial charge on any atom is -0.458 e. The number of carbonyl (C=O) groups excluding carboxylic acids is 3. The molecule has 4 amide bonds. The molecule has 1 aliphatic heterocycles. The molecule has 5 rings (SSSR count). The molecule has 2 N–H and O–H groups in total. The Labute approximate surface area is 198 Å². The van der Waals surface area contributed by atoms with Gasteiger partial charge in [0.15, 0.2) is 5.54 Å². The van der Waals surface area contributed by atoms with Gasteiger partial charge in [-0.3, -0.25) is 14.5 Å². The van der Waals surface area contributed by atoms with Crippen molar-refractivity contribution in [2.45, 2.75) is 18.5 Å². The second-order valence-electron chi connectivity index (χ2n) is 8.16. The number of fused-ring (bicyclic) bond motifs is 1. The van der Waals surface area contributed by atoms with Gasteiger partial charge in [0.25, 0.3) is 5.91 Å². The third-order valence-electron chi connectivity index (χ3n) is 5.83. The second kappa shape index (κ2) is 8.42. The molecule has 0 spiro atoms. The largest absolute Gasteiger partial charge is 0.458 e. The van der Waals surface area contributed by atoms with Crippen LogP contribution in [-0.2, 0) is 15.1 Å². The molecule has 0 unspecified atom stereocenters. The average molecular weight is 478 g/mol. The van der Waals surface area contributed by atoms with Crippen LogP contribution in [0.3, 0.4) is 0 Å². The highest BCUT2D eigenvalue weighted by Crippen LogP contribution is 2.33. The number of benzene rings is 2. The van der Waals surface area contributed by atoms with E-state index < -0.39 is 36.0 Å². The number of thiophene rings is 1. The van der Waals surface area contributed by atoms with Gasteiger partial charge in [0.05, 0.1) is 6.04 Å². The fourth-order valence-corrected chi connectivity index (χ4v) is 4.82. The molecular weight excluding hydrogens is 457 g/mol. The number of halogens is 1. The van der Waals surface area contributed by atoms with E-state index in [2.05, 4.69) is 10.6 Å². The topological polar surface area (TPSA) is 91.7 Å². The zero-order chi connectivity index (χ0) is 23.9. The van der Waals surface area contributed by atoms with E-state index in [1.54, 1.807) is 31.2 Å². The van der Waals surface area contributed by atoms with E-state index >= 15 is 0 Å². The summed E-state index contributed by atoms with van der Waals surface area (Å²) in [5, 5.41) is 8.19. The lowest BCUT2D eigenvalue weighted by Crippen LogP contribution is -2.43. The summed E-state index contributed by atoms with van der Waals surface area (Å²) in [6.45, 7) is 1.08. The first-order valence-electron chi connectivity index (χ1n) is 10.6. The normalized spacial score (nSPS) is 18.8. The zero-order valence-corrected chi connectivity index (χ0v) is 18.9. The average Bonchev–Trinajstić information content (AvgIpc) is 3.55. The van der Waals surface area contributed by atoms with Crippen LogP contribution in [0.2, 0.25) is 0 Å². The fourth-order valence-electron chi connectivity index (χ4n) is 4.02. The first-order chi connectivity index (χ1) is 16.3. The Bertz CT molecular complexity index is 1350. The number of imide groups is 1. The van der Waals surface area contributed by atoms with Crippen molar-refractivity contribution in [2.75, 3.05) is 6.54 Å². The number of furan rings is 1. The molecule has 0 saturated carbocycles. The molecule has 1 aliphatic rings. The van der Waals surface area contributed by atoms with Gasteiger partial charge in [-0.1, -0.05) is 36.4 Å². The van der Waals surface area contributed by atoms with Crippen LogP contribution < -0.4 is 10.6 Å². The van der Waals surface area contributed by atoms with Crippen LogP contribution in [0, 0.1) is 5.82 Å². The van der Waals surface area contributed by atoms with Crippen molar-refractivity contribution in [3.05, 3.63) is 94.1 Å². The van der Waals surface area contributed by atoms with Crippen molar-refractivity contribution < 1.29 is 23.2 Å². The van der Waals surface area contributed by atoms with Gasteiger partial charge >= 0.3 is 6.03 Å². The Morgan fingerprint density at radius 1 is 1.15 bits per heavy atom. The molecule has 1 saturated heterocycles. The van der Waals surface area contributed by atoms with Gasteiger partial charge < -0.3 is 15.1 Å². The van der Waals surface area contributed by atoms with E-state index in [1.165, 1.54) is 23.5 Å². The quantitative estimate of drug-likeness (QED) is 0.405. The summed E-state index contributed by atoms with van der Waals surface area (Å²) in [6, 6.07) is 17.3. The van der Waals surface area contributed by atoms with E-state index in [0.717, 1.165) is 15.2 Å². The highest BCUT2D eigenvalue weighted by atomic mass is 32.1. The molecule has 0 aliphatic carbocycles. The van der Waals surface area contributed by atoms with Crippen molar-refractivity contribution >= 4 is 40.2 Å². The van der Waals surface area contributed by atoms with E-state index in [1.807, 2.05) is 35.7 Å². The third kappa shape index (κ3) is 3.84. The zero-order valence-electron chi connectivity index (χ0n) is 18.1. The Balaban J connectivity index is 1.36. The van der Waals surface area contributed by atoms with E-state index in [4.69, 9.17) is 4.42 Å². The predicted octanol–water partition coefficient (Wildman–Crippen LogP) is 4.31. The molecule has 0 radical (unpaired) electrons. The summed E-state index contributed by atoms with van der Waals surface area (Å²) in [5.41, 5.74) is -0.155. The lowest BCUT2D eigenvalue weighted by molar-refractivity contribution is -0.135. The Morgan fingerprint density at radius 2 is 1.91 bits per heavy atom. The van der Waals surface area contributed by atoms with Crippen LogP contribution in [-0.4, -0.2) is 29.3 Å². The maximum Gasteiger partial charge on any atom is 0.325 e. The van der Waals surface area contributed by atoms with Crippen LogP contribution in [0.25, 0.3) is 11.0 Å². The van der Waals surface area contributed by atoms with Gasteiger partial charge in [-0.15, -0.1) is 11.3 Å². The number of para-hydroxylation sites is 1. The highest BCUT2D eigenvalue weighted by molar-refractivity contribution is 7.10. The first kappa shape index (κ1) is 21.8. The summed E-state index contributed by atoms with van der Waals surface area (Å²) in [7, 11) is 0. The standard InChI is InChI=1S/C25H20FN3O4S/c1-25(20-13-16-5-2-3-6-18(16)33-20)23(31)29(24(32)28-25)14-21(30)27-22(19-7-4-12-34-19)15-8-10-17(26)11-9-15/h2-13,22H,14H2,1H3,(H,27,30)(H,28,32)/t22-,25+/m0/s1. The number of hydrogen-bond donors (Lipinski definition) is 2. The summed E-state index contributed by atoms with van der Waals surface area (Å²) < 4.78 is 19.2. The predicted molar refractivity (Wildman–Crippen MR) is 125 cm³/mol. The minimum atomic E-state index is -1.43. The number of nitrogens with zero attached hydrogens (tertiary/aromatic N) is 1. The van der Waals surface area contributed by atoms with E-state index in [0.29, 0.717) is 11.1 Å². The van der Waals surface area contributed by atoms with Crippen molar-refractivity contribution in [1.29, 1.82) is 0 Å². The monoisotopic (exact) mass is 477 g/mol. The molecule has 0 bridgehead atoms. The highest BCUT2D eigenvalue weighted by Gasteiger charge is 2.51. The number of nitrogens with one attached hydrogen (secondary N) is 2. The molecule has 2 aromatic heterocycles. The van der Waals surface area contributed by atoms with Crippen molar-refractivity contribution in [1.82, 2.24) is 15.5 Å². The van der Waals surface area contributed by atoms with E-state index in [9.17, 15) is 18.8 Å². The van der Waals surface area contributed by atoms with Gasteiger partial charge in [0, 0.05) is 10.3 Å². The number of urea groups is 1. The van der Waals surface area contributed by atoms with E-state index in [-0.39, 0.29) is 11.6 Å². The summed E-state index contributed by atoms with van der Waals surface area (Å²) in [4.78, 5) is 40.6. The van der Waals surface area contributed by atoms with Crippen LogP contribution >= 0.6 is 11.3 Å². The molecule has 2 aromatic carbocycles. The molecule has 7 nitrogen and oxygen atoms in total. The van der Waals surface area contributed by atoms with Gasteiger partial charge in [0.2, 0.25) is 5.91 Å². The van der Waals surface area contributed by atoms with Crippen LogP contribution in [0.1, 0.15) is 29.2 Å². The molecule has 34 heavy (non-hydrogen) atoms. The molecular formula is C25H20FN3O4S. The molecule has 172 valence electrons. The van der Waals surface area contributed by atoms with Gasteiger partial charge in [-0.2, -0.15) is 0 Å². The van der Waals surface area contributed by atoms with Gasteiger partial charge in [0.1, 0.15) is 23.7 Å². The maximum absolute atomic E-state index is 13.4. The first-order valence-corrected chi connectivity index (χ1v) is 11.4. The second-order valence-corrected chi connectivity index (χ2v) is 9.14. The summed E-state index contributed by atoms with van der Waals surface area (Å²) in [5.74, 6) is -1.21. The number of carbonyl (C=O) groups is 3. The number of rotatable bonds is 6. The number of hydrogen-bond acceptors (Lipinski definition) is 5. The van der Waals surface area contributed by atoms with Crippen molar-refractivity contribution in [2.24, 2.45) is 0 Å². The molecule has 2 atom stereocenters. The Kier molecular flexibility index (Phi) is 5.41. The summed E-state index contributed by atoms with van der Waals surface area (Å²) >= 11 is 1.43. The lowest BCUT2D eigenvalue weighted by Gasteiger charge is -2.21. The van der Waals surface area contributed by atoms with Crippen molar-refractivity contribution in [3.63, 3.8) is 0 Å². The summed E-state index contributed by atoms with van der Waals surface area (Å²) in [6.07, 6.45) is 0. The van der Waals surface area contributed by atoms with Crippen molar-refractivity contribution in [3.8, 4) is 0 Å². The van der Waals surface area contributed by atoms with Gasteiger partial charge in [-0.05, 0) is 48.2 Å². The third-order valence-corrected chi connectivity index (χ3v) is 6.77. The molecule has 1 fully saturated rings. The minimum absolute atomic E-state index is 0.290. The van der Waals surface area contributed by atoms with Crippen LogP contribution in [0.15, 0.2) is 76.5 Å². The smallest absolute Gasteiger partial charge is 0.325 e. The van der Waals surface area contributed by atoms with Crippen LogP contribution in [0.4, 0.5) is 9.18 Å². The van der Waals surface area contributed by atoms with Gasteiger partial charge in [-0.25, -0.2) is 9.18 Å². The van der Waals surface area contributed by atoms with Crippen LogP contribution in [0.5, 0.6) is 0 Å².